The smallest absolute Gasteiger partial charge is 0.324 e. The molecule has 0 unspecified atom stereocenters. The zero-order valence-corrected chi connectivity index (χ0v) is 22.2. The van der Waals surface area contributed by atoms with E-state index < -0.39 is 34.8 Å². The van der Waals surface area contributed by atoms with Crippen molar-refractivity contribution in [2.75, 3.05) is 6.54 Å². The summed E-state index contributed by atoms with van der Waals surface area (Å²) in [6.07, 6.45) is 0.655. The predicted molar refractivity (Wildman–Crippen MR) is 137 cm³/mol. The second-order valence-electron chi connectivity index (χ2n) is 11.4. The van der Waals surface area contributed by atoms with Crippen LogP contribution in [-0.4, -0.2) is 30.2 Å². The Balaban J connectivity index is 2.30. The molecule has 2 aromatic rings. The van der Waals surface area contributed by atoms with Gasteiger partial charge in [0.2, 0.25) is 0 Å². The van der Waals surface area contributed by atoms with E-state index in [1.54, 1.807) is 18.2 Å². The molecule has 1 fully saturated rings. The standard InChI is InChI=1S/C27H35Cl2FN2O2/c1-25(2,3)14-21-27(15-31,19-11-10-18(29)13-20(19)30)22(16-8-7-9-17(28)12-16)23(32-21)24(33)34-26(4,5)6/h7-13,21-23,32H,14-15,31H2,1-6H3/t21-,22-,23+,27-/m0/s1. The van der Waals surface area contributed by atoms with Gasteiger partial charge in [-0.3, -0.25) is 4.79 Å². The Morgan fingerprint density at radius 3 is 2.26 bits per heavy atom. The molecule has 0 radical (unpaired) electrons. The Morgan fingerprint density at radius 1 is 1.09 bits per heavy atom. The first-order chi connectivity index (χ1) is 15.7. The number of hydrogen-bond acceptors (Lipinski definition) is 4. The molecule has 7 heteroatoms. The first-order valence-corrected chi connectivity index (χ1v) is 12.3. The Labute approximate surface area is 212 Å². The topological polar surface area (TPSA) is 64.3 Å². The largest absolute Gasteiger partial charge is 0.459 e. The van der Waals surface area contributed by atoms with Crippen LogP contribution in [0.25, 0.3) is 0 Å². The van der Waals surface area contributed by atoms with Crippen LogP contribution in [0.2, 0.25) is 10.0 Å². The SMILES string of the molecule is CC(C)(C)C[C@@H]1N[C@@H](C(=O)OC(C)(C)C)[C@H](c2cccc(Cl)c2)[C@@]1(CN)c1ccc(Cl)cc1F. The van der Waals surface area contributed by atoms with Crippen molar-refractivity contribution in [2.24, 2.45) is 11.1 Å². The molecular weight excluding hydrogens is 474 g/mol. The van der Waals surface area contributed by atoms with Gasteiger partial charge in [-0.1, -0.05) is 62.2 Å². The van der Waals surface area contributed by atoms with E-state index in [0.717, 1.165) is 5.56 Å². The van der Waals surface area contributed by atoms with Crippen LogP contribution in [0.5, 0.6) is 0 Å². The summed E-state index contributed by atoms with van der Waals surface area (Å²) in [6.45, 7) is 11.9. The van der Waals surface area contributed by atoms with Gasteiger partial charge in [0.15, 0.2) is 0 Å². The summed E-state index contributed by atoms with van der Waals surface area (Å²) in [5.41, 5.74) is 6.02. The normalized spacial score (nSPS) is 25.4. The summed E-state index contributed by atoms with van der Waals surface area (Å²) < 4.78 is 21.4. The van der Waals surface area contributed by atoms with Crippen LogP contribution in [0.4, 0.5) is 4.39 Å². The molecule has 0 aliphatic carbocycles. The lowest BCUT2D eigenvalue weighted by molar-refractivity contribution is -0.157. The van der Waals surface area contributed by atoms with Crippen LogP contribution in [0, 0.1) is 11.2 Å². The second-order valence-corrected chi connectivity index (χ2v) is 12.3. The fourth-order valence-corrected chi connectivity index (χ4v) is 5.55. The molecule has 2 aromatic carbocycles. The van der Waals surface area contributed by atoms with E-state index in [0.29, 0.717) is 22.0 Å². The quantitative estimate of drug-likeness (QED) is 0.469. The third kappa shape index (κ3) is 5.59. The molecule has 4 nitrogen and oxygen atoms in total. The molecule has 3 N–H and O–H groups in total. The first kappa shape index (κ1) is 26.9. The van der Waals surface area contributed by atoms with Gasteiger partial charge in [-0.05, 0) is 68.0 Å². The summed E-state index contributed by atoms with van der Waals surface area (Å²) in [6, 6.07) is 10.9. The van der Waals surface area contributed by atoms with Gasteiger partial charge in [-0.25, -0.2) is 4.39 Å². The van der Waals surface area contributed by atoms with E-state index in [1.807, 2.05) is 39.0 Å². The predicted octanol–water partition coefficient (Wildman–Crippen LogP) is 6.23. The average Bonchev–Trinajstić information content (AvgIpc) is 3.00. The zero-order chi connectivity index (χ0) is 25.5. The van der Waals surface area contributed by atoms with Gasteiger partial charge in [0.25, 0.3) is 0 Å². The van der Waals surface area contributed by atoms with E-state index >= 15 is 4.39 Å². The summed E-state index contributed by atoms with van der Waals surface area (Å²) in [5.74, 6) is -1.37. The highest BCUT2D eigenvalue weighted by molar-refractivity contribution is 6.30. The molecule has 0 saturated carbocycles. The van der Waals surface area contributed by atoms with Gasteiger partial charge in [-0.2, -0.15) is 0 Å². The highest BCUT2D eigenvalue weighted by atomic mass is 35.5. The monoisotopic (exact) mass is 508 g/mol. The third-order valence-electron chi connectivity index (χ3n) is 6.35. The highest BCUT2D eigenvalue weighted by Gasteiger charge is 2.59. The second kappa shape index (κ2) is 9.77. The number of carbonyl (C=O) groups is 1. The van der Waals surface area contributed by atoms with E-state index in [1.165, 1.54) is 6.07 Å². The molecular formula is C27H35Cl2FN2O2. The van der Waals surface area contributed by atoms with Crippen molar-refractivity contribution >= 4 is 29.2 Å². The molecule has 34 heavy (non-hydrogen) atoms. The van der Waals surface area contributed by atoms with Gasteiger partial charge in [0, 0.05) is 34.0 Å². The maximum absolute atomic E-state index is 15.6. The molecule has 1 heterocycles. The Bertz CT molecular complexity index is 1050. The number of nitrogens with two attached hydrogens (primary N) is 1. The van der Waals surface area contributed by atoms with Crippen molar-refractivity contribution in [1.29, 1.82) is 0 Å². The molecule has 186 valence electrons. The van der Waals surface area contributed by atoms with Crippen LogP contribution in [-0.2, 0) is 14.9 Å². The van der Waals surface area contributed by atoms with Gasteiger partial charge in [0.1, 0.15) is 17.5 Å². The molecule has 1 aliphatic rings. The minimum absolute atomic E-state index is 0.107. The van der Waals surface area contributed by atoms with Crippen LogP contribution < -0.4 is 11.1 Å². The zero-order valence-electron chi connectivity index (χ0n) is 20.7. The number of halogens is 3. The molecule has 0 spiro atoms. The number of ether oxygens (including phenoxy) is 1. The van der Waals surface area contributed by atoms with Crippen molar-refractivity contribution in [3.05, 3.63) is 69.5 Å². The van der Waals surface area contributed by atoms with E-state index in [4.69, 9.17) is 33.7 Å². The van der Waals surface area contributed by atoms with E-state index in [2.05, 4.69) is 26.1 Å². The summed E-state index contributed by atoms with van der Waals surface area (Å²) in [5, 5.41) is 4.35. The lowest BCUT2D eigenvalue weighted by Crippen LogP contribution is -2.50. The van der Waals surface area contributed by atoms with E-state index in [-0.39, 0.29) is 18.0 Å². The number of nitrogens with one attached hydrogen (secondary N) is 1. The first-order valence-electron chi connectivity index (χ1n) is 11.6. The fraction of sp³-hybridized carbons (Fsp3) is 0.519. The lowest BCUT2D eigenvalue weighted by atomic mass is 9.62. The van der Waals surface area contributed by atoms with Crippen LogP contribution in [0.1, 0.15) is 65.0 Å². The lowest BCUT2D eigenvalue weighted by Gasteiger charge is -2.42. The number of hydrogen-bond donors (Lipinski definition) is 2. The van der Waals surface area contributed by atoms with Gasteiger partial charge in [-0.15, -0.1) is 0 Å². The van der Waals surface area contributed by atoms with Crippen LogP contribution >= 0.6 is 23.2 Å². The number of rotatable bonds is 5. The molecule has 1 aliphatic heterocycles. The van der Waals surface area contributed by atoms with Crippen molar-refractivity contribution < 1.29 is 13.9 Å². The Morgan fingerprint density at radius 2 is 1.74 bits per heavy atom. The minimum Gasteiger partial charge on any atom is -0.459 e. The summed E-state index contributed by atoms with van der Waals surface area (Å²) in [4.78, 5) is 13.5. The van der Waals surface area contributed by atoms with Crippen molar-refractivity contribution in [3.8, 4) is 0 Å². The molecule has 0 bridgehead atoms. The fourth-order valence-electron chi connectivity index (χ4n) is 5.19. The minimum atomic E-state index is -0.950. The van der Waals surface area contributed by atoms with Gasteiger partial charge in [0.05, 0.1) is 0 Å². The average molecular weight is 509 g/mol. The maximum atomic E-state index is 15.6. The third-order valence-corrected chi connectivity index (χ3v) is 6.82. The summed E-state index contributed by atoms with van der Waals surface area (Å²) in [7, 11) is 0. The van der Waals surface area contributed by atoms with Crippen LogP contribution in [0.3, 0.4) is 0 Å². The Hall–Kier alpha value is -1.66. The van der Waals surface area contributed by atoms with Crippen molar-refractivity contribution in [1.82, 2.24) is 5.32 Å². The maximum Gasteiger partial charge on any atom is 0.324 e. The molecule has 0 aromatic heterocycles. The number of carbonyl (C=O) groups excluding carboxylic acids is 1. The van der Waals surface area contributed by atoms with E-state index in [9.17, 15) is 4.79 Å². The number of esters is 1. The highest BCUT2D eigenvalue weighted by Crippen LogP contribution is 2.52. The Kier molecular flexibility index (Phi) is 7.74. The number of benzene rings is 2. The van der Waals surface area contributed by atoms with Gasteiger partial charge < -0.3 is 15.8 Å². The molecule has 3 rings (SSSR count). The molecule has 4 atom stereocenters. The van der Waals surface area contributed by atoms with Crippen LogP contribution in [0.15, 0.2) is 42.5 Å². The molecule has 1 saturated heterocycles. The molecule has 0 amide bonds. The summed E-state index contributed by atoms with van der Waals surface area (Å²) >= 11 is 12.5. The van der Waals surface area contributed by atoms with Crippen molar-refractivity contribution in [3.63, 3.8) is 0 Å². The van der Waals surface area contributed by atoms with Gasteiger partial charge >= 0.3 is 5.97 Å². The van der Waals surface area contributed by atoms with Crippen molar-refractivity contribution in [2.45, 2.75) is 77.0 Å².